The summed E-state index contributed by atoms with van der Waals surface area (Å²) in [6, 6.07) is 0. The van der Waals surface area contributed by atoms with E-state index in [4.69, 9.17) is 0 Å². The van der Waals surface area contributed by atoms with E-state index in [1.165, 1.54) is 0 Å². The largest absolute Gasteiger partial charge is 0.386 e. The Balaban J connectivity index is 3.18. The average molecular weight is 236 g/mol. The Kier molecular flexibility index (Phi) is 3.82. The van der Waals surface area contributed by atoms with E-state index < -0.39 is 6.10 Å². The van der Waals surface area contributed by atoms with E-state index in [0.29, 0.717) is 0 Å². The zero-order valence-electron chi connectivity index (χ0n) is 11.7. The molecule has 1 heterocycles. The fourth-order valence-electron chi connectivity index (χ4n) is 1.59. The van der Waals surface area contributed by atoms with Crippen LogP contribution in [0, 0.1) is 10.8 Å². The van der Waals surface area contributed by atoms with Crippen molar-refractivity contribution in [3.05, 3.63) is 24.8 Å². The Morgan fingerprint density at radius 3 is 2.18 bits per heavy atom. The number of aromatic nitrogens is 2. The van der Waals surface area contributed by atoms with Gasteiger partial charge in [-0.3, -0.25) is 0 Å². The van der Waals surface area contributed by atoms with E-state index >= 15 is 0 Å². The van der Waals surface area contributed by atoms with Crippen LogP contribution >= 0.6 is 0 Å². The minimum atomic E-state index is -0.518. The van der Waals surface area contributed by atoms with Crippen molar-refractivity contribution < 1.29 is 5.11 Å². The highest BCUT2D eigenvalue weighted by Gasteiger charge is 2.28. The van der Waals surface area contributed by atoms with Gasteiger partial charge in [0.25, 0.3) is 0 Å². The lowest BCUT2D eigenvalue weighted by Gasteiger charge is -2.30. The molecule has 96 valence electrons. The number of hydrogen-bond donors (Lipinski definition) is 1. The first kappa shape index (κ1) is 14.0. The van der Waals surface area contributed by atoms with Gasteiger partial charge in [-0.25, -0.2) is 4.98 Å². The summed E-state index contributed by atoms with van der Waals surface area (Å²) < 4.78 is 1.89. The molecule has 0 spiro atoms. The summed E-state index contributed by atoms with van der Waals surface area (Å²) in [4.78, 5) is 4.05. The van der Waals surface area contributed by atoms with Crippen molar-refractivity contribution in [1.82, 2.24) is 9.55 Å². The van der Waals surface area contributed by atoms with Crippen LogP contribution < -0.4 is 0 Å². The van der Waals surface area contributed by atoms with Gasteiger partial charge < -0.3 is 9.67 Å². The Morgan fingerprint density at radius 2 is 1.82 bits per heavy atom. The topological polar surface area (TPSA) is 38.0 Å². The summed E-state index contributed by atoms with van der Waals surface area (Å²) in [5, 5.41) is 10.5. The first-order valence-electron chi connectivity index (χ1n) is 6.00. The van der Waals surface area contributed by atoms with Gasteiger partial charge in [-0.05, 0) is 10.8 Å². The normalized spacial score (nSPS) is 16.1. The van der Waals surface area contributed by atoms with Crippen molar-refractivity contribution in [2.75, 3.05) is 0 Å². The molecule has 0 fully saturated rings. The number of hydrogen-bond acceptors (Lipinski definition) is 2. The standard InChI is InChI=1S/C14H24N2O/c1-13(2,3)9-11(12(17)14(4,5)6)16-8-7-15-10-16/h7-10,12,17H,1-6H3. The summed E-state index contributed by atoms with van der Waals surface area (Å²) in [5.41, 5.74) is 0.718. The lowest BCUT2D eigenvalue weighted by molar-refractivity contribution is 0.108. The van der Waals surface area contributed by atoms with Crippen LogP contribution in [-0.4, -0.2) is 20.8 Å². The van der Waals surface area contributed by atoms with Crippen molar-refractivity contribution in [1.29, 1.82) is 0 Å². The number of aliphatic hydroxyl groups is 1. The lowest BCUT2D eigenvalue weighted by Crippen LogP contribution is -2.30. The third kappa shape index (κ3) is 4.00. The van der Waals surface area contributed by atoms with Gasteiger partial charge in [-0.2, -0.15) is 0 Å². The number of aliphatic hydroxyl groups excluding tert-OH is 1. The second-order valence-corrected chi connectivity index (χ2v) is 6.67. The zero-order chi connectivity index (χ0) is 13.3. The van der Waals surface area contributed by atoms with Crippen molar-refractivity contribution in [3.63, 3.8) is 0 Å². The van der Waals surface area contributed by atoms with Crippen LogP contribution in [0.25, 0.3) is 5.70 Å². The van der Waals surface area contributed by atoms with Crippen molar-refractivity contribution in [2.24, 2.45) is 10.8 Å². The molecule has 1 aromatic rings. The van der Waals surface area contributed by atoms with Gasteiger partial charge in [0.2, 0.25) is 0 Å². The van der Waals surface area contributed by atoms with Crippen LogP contribution in [0.4, 0.5) is 0 Å². The van der Waals surface area contributed by atoms with Gasteiger partial charge in [0.15, 0.2) is 0 Å². The lowest BCUT2D eigenvalue weighted by atomic mass is 9.84. The first-order valence-corrected chi connectivity index (χ1v) is 6.00. The average Bonchev–Trinajstić information content (AvgIpc) is 2.62. The fraction of sp³-hybridized carbons (Fsp3) is 0.643. The predicted octanol–water partition coefficient (Wildman–Crippen LogP) is 3.18. The maximum Gasteiger partial charge on any atom is 0.0989 e. The van der Waals surface area contributed by atoms with Gasteiger partial charge in [0.1, 0.15) is 0 Å². The molecule has 1 rings (SSSR count). The van der Waals surface area contributed by atoms with Gasteiger partial charge >= 0.3 is 0 Å². The highest BCUT2D eigenvalue weighted by atomic mass is 16.3. The molecule has 0 saturated carbocycles. The molecule has 3 heteroatoms. The summed E-state index contributed by atoms with van der Waals surface area (Å²) >= 11 is 0. The number of imidazole rings is 1. The SMILES string of the molecule is CC(C)(C)C=C(C(O)C(C)(C)C)n1ccnc1. The molecule has 0 radical (unpaired) electrons. The summed E-state index contributed by atoms with van der Waals surface area (Å²) in [6.45, 7) is 12.5. The van der Waals surface area contributed by atoms with Crippen LogP contribution in [0.5, 0.6) is 0 Å². The van der Waals surface area contributed by atoms with Crippen LogP contribution in [0.3, 0.4) is 0 Å². The van der Waals surface area contributed by atoms with E-state index in [-0.39, 0.29) is 10.8 Å². The predicted molar refractivity (Wildman–Crippen MR) is 71.4 cm³/mol. The summed E-state index contributed by atoms with van der Waals surface area (Å²) in [5.74, 6) is 0. The molecule has 3 nitrogen and oxygen atoms in total. The van der Waals surface area contributed by atoms with E-state index in [1.807, 2.05) is 31.5 Å². The Hall–Kier alpha value is -1.09. The first-order chi connectivity index (χ1) is 7.61. The van der Waals surface area contributed by atoms with Gasteiger partial charge in [-0.15, -0.1) is 0 Å². The highest BCUT2D eigenvalue weighted by molar-refractivity contribution is 5.51. The summed E-state index contributed by atoms with van der Waals surface area (Å²) in [6.07, 6.45) is 6.91. The summed E-state index contributed by atoms with van der Waals surface area (Å²) in [7, 11) is 0. The molecular formula is C14H24N2O. The fourth-order valence-corrected chi connectivity index (χ4v) is 1.59. The van der Waals surface area contributed by atoms with Crippen LogP contribution in [0.1, 0.15) is 41.5 Å². The third-order valence-electron chi connectivity index (χ3n) is 2.48. The van der Waals surface area contributed by atoms with Crippen molar-refractivity contribution in [2.45, 2.75) is 47.6 Å². The molecule has 0 saturated heterocycles. The molecule has 0 bridgehead atoms. The number of nitrogens with zero attached hydrogens (tertiary/aromatic N) is 2. The maximum absolute atomic E-state index is 10.5. The Bertz CT molecular complexity index is 377. The Labute approximate surface area is 104 Å². The van der Waals surface area contributed by atoms with Gasteiger partial charge in [0, 0.05) is 18.1 Å². The van der Waals surface area contributed by atoms with E-state index in [0.717, 1.165) is 5.70 Å². The second kappa shape index (κ2) is 4.65. The third-order valence-corrected chi connectivity index (χ3v) is 2.48. The molecule has 1 atom stereocenters. The molecule has 0 aromatic carbocycles. The molecule has 0 aliphatic rings. The molecule has 0 amide bonds. The molecule has 1 unspecified atom stereocenters. The van der Waals surface area contributed by atoms with Gasteiger partial charge in [-0.1, -0.05) is 47.6 Å². The number of rotatable bonds is 2. The maximum atomic E-state index is 10.5. The quantitative estimate of drug-likeness (QED) is 0.856. The van der Waals surface area contributed by atoms with Crippen LogP contribution in [-0.2, 0) is 0 Å². The van der Waals surface area contributed by atoms with Gasteiger partial charge in [0.05, 0.1) is 12.4 Å². The number of allylic oxidation sites excluding steroid dienone is 1. The molecule has 1 aromatic heterocycles. The van der Waals surface area contributed by atoms with Crippen LogP contribution in [0.2, 0.25) is 0 Å². The second-order valence-electron chi connectivity index (χ2n) is 6.67. The molecule has 1 N–H and O–H groups in total. The van der Waals surface area contributed by atoms with Crippen molar-refractivity contribution in [3.8, 4) is 0 Å². The van der Waals surface area contributed by atoms with Crippen molar-refractivity contribution >= 4 is 5.70 Å². The molecule has 17 heavy (non-hydrogen) atoms. The molecule has 0 aliphatic carbocycles. The smallest absolute Gasteiger partial charge is 0.0989 e. The minimum Gasteiger partial charge on any atom is -0.386 e. The molecular weight excluding hydrogens is 212 g/mol. The van der Waals surface area contributed by atoms with Crippen LogP contribution in [0.15, 0.2) is 24.8 Å². The minimum absolute atomic E-state index is 0.0197. The molecule has 0 aliphatic heterocycles. The monoisotopic (exact) mass is 236 g/mol. The Morgan fingerprint density at radius 1 is 1.24 bits per heavy atom. The highest BCUT2D eigenvalue weighted by Crippen LogP contribution is 2.30. The zero-order valence-corrected chi connectivity index (χ0v) is 11.7. The van der Waals surface area contributed by atoms with E-state index in [1.54, 1.807) is 12.5 Å². The van der Waals surface area contributed by atoms with E-state index in [9.17, 15) is 5.11 Å². The van der Waals surface area contributed by atoms with E-state index in [2.05, 4.69) is 31.8 Å².